The van der Waals surface area contributed by atoms with E-state index in [1.807, 2.05) is 20.8 Å². The number of carboxylic acids is 1. The molecule has 1 N–H and O–H groups in total. The third-order valence-corrected chi connectivity index (χ3v) is 3.45. The van der Waals surface area contributed by atoms with E-state index in [0.29, 0.717) is 10.9 Å². The van der Waals surface area contributed by atoms with Crippen molar-refractivity contribution < 1.29 is 9.90 Å². The van der Waals surface area contributed by atoms with Crippen LogP contribution in [0.4, 0.5) is 0 Å². The minimum atomic E-state index is -0.916. The number of rotatable bonds is 4. The van der Waals surface area contributed by atoms with E-state index in [9.17, 15) is 4.79 Å². The molecule has 1 rings (SSSR count). The highest BCUT2D eigenvalue weighted by atomic mass is 32.2. The predicted octanol–water partition coefficient (Wildman–Crippen LogP) is 2.52. The second-order valence-electron chi connectivity index (χ2n) is 3.92. The van der Waals surface area contributed by atoms with Crippen LogP contribution in [0.3, 0.4) is 0 Å². The number of nitrogens with zero attached hydrogens (tertiary/aromatic N) is 2. The lowest BCUT2D eigenvalue weighted by atomic mass is 10.2. The highest BCUT2D eigenvalue weighted by Crippen LogP contribution is 2.19. The van der Waals surface area contributed by atoms with Gasteiger partial charge in [-0.15, -0.1) is 0 Å². The van der Waals surface area contributed by atoms with Crippen LogP contribution in [0.2, 0.25) is 0 Å². The highest BCUT2D eigenvalue weighted by molar-refractivity contribution is 7.99. The molecule has 5 heteroatoms. The molecular weight excluding hydrogens is 236 g/mol. The van der Waals surface area contributed by atoms with Crippen LogP contribution < -0.4 is 0 Å². The summed E-state index contributed by atoms with van der Waals surface area (Å²) >= 11 is 1.45. The van der Waals surface area contributed by atoms with Gasteiger partial charge < -0.3 is 5.11 Å². The van der Waals surface area contributed by atoms with E-state index in [1.54, 1.807) is 6.92 Å². The number of aromatic nitrogens is 2. The van der Waals surface area contributed by atoms with Crippen LogP contribution in [0, 0.1) is 20.8 Å². The van der Waals surface area contributed by atoms with Gasteiger partial charge in [0.25, 0.3) is 0 Å². The van der Waals surface area contributed by atoms with Crippen molar-refractivity contribution in [1.29, 1.82) is 0 Å². The molecule has 0 spiro atoms. The fourth-order valence-electron chi connectivity index (χ4n) is 1.24. The zero-order valence-electron chi connectivity index (χ0n) is 10.4. The summed E-state index contributed by atoms with van der Waals surface area (Å²) in [4.78, 5) is 19.2. The Bertz CT molecular complexity index is 447. The Morgan fingerprint density at radius 3 is 2.29 bits per heavy atom. The average Bonchev–Trinajstić information content (AvgIpc) is 2.22. The molecule has 0 radical (unpaired) electrons. The first-order valence-electron chi connectivity index (χ1n) is 5.25. The van der Waals surface area contributed by atoms with Crippen molar-refractivity contribution in [2.24, 2.45) is 0 Å². The lowest BCUT2D eigenvalue weighted by Crippen LogP contribution is -1.99. The number of hydrogen-bond donors (Lipinski definition) is 1. The van der Waals surface area contributed by atoms with Crippen molar-refractivity contribution in [3.05, 3.63) is 28.6 Å². The third kappa shape index (κ3) is 4.19. The summed E-state index contributed by atoms with van der Waals surface area (Å²) in [5, 5.41) is 9.29. The van der Waals surface area contributed by atoms with Gasteiger partial charge >= 0.3 is 5.97 Å². The monoisotopic (exact) mass is 252 g/mol. The van der Waals surface area contributed by atoms with Crippen LogP contribution in [0.1, 0.15) is 23.9 Å². The van der Waals surface area contributed by atoms with Gasteiger partial charge in [-0.25, -0.2) is 14.8 Å². The largest absolute Gasteiger partial charge is 0.478 e. The Morgan fingerprint density at radius 2 is 1.82 bits per heavy atom. The topological polar surface area (TPSA) is 63.1 Å². The Hall–Kier alpha value is -1.36. The molecule has 0 fully saturated rings. The molecule has 0 aliphatic carbocycles. The molecule has 1 aromatic rings. The van der Waals surface area contributed by atoms with Crippen LogP contribution in [0.25, 0.3) is 0 Å². The van der Waals surface area contributed by atoms with E-state index in [-0.39, 0.29) is 0 Å². The summed E-state index contributed by atoms with van der Waals surface area (Å²) in [6.07, 6.45) is 1.21. The molecule has 0 aromatic carbocycles. The van der Waals surface area contributed by atoms with Gasteiger partial charge in [-0.05, 0) is 33.3 Å². The summed E-state index contributed by atoms with van der Waals surface area (Å²) in [5.41, 5.74) is 3.84. The molecule has 0 amide bonds. The van der Waals surface area contributed by atoms with Crippen molar-refractivity contribution in [3.8, 4) is 0 Å². The van der Waals surface area contributed by atoms with Crippen molar-refractivity contribution in [3.63, 3.8) is 0 Å². The maximum atomic E-state index is 10.5. The number of aryl methyl sites for hydroxylation is 2. The van der Waals surface area contributed by atoms with E-state index >= 15 is 0 Å². The zero-order valence-corrected chi connectivity index (χ0v) is 11.3. The van der Waals surface area contributed by atoms with Gasteiger partial charge in [0, 0.05) is 23.2 Å². The number of carbonyl (C=O) groups is 1. The van der Waals surface area contributed by atoms with E-state index in [2.05, 4.69) is 9.97 Å². The molecule has 0 saturated carbocycles. The van der Waals surface area contributed by atoms with Crippen molar-refractivity contribution in [2.75, 3.05) is 5.75 Å². The molecule has 92 valence electrons. The van der Waals surface area contributed by atoms with E-state index in [0.717, 1.165) is 22.5 Å². The Balaban J connectivity index is 2.74. The van der Waals surface area contributed by atoms with Crippen LogP contribution in [0.5, 0.6) is 0 Å². The minimum Gasteiger partial charge on any atom is -0.478 e. The van der Waals surface area contributed by atoms with Gasteiger partial charge in [-0.3, -0.25) is 0 Å². The number of aliphatic carboxylic acids is 1. The van der Waals surface area contributed by atoms with Gasteiger partial charge in [0.05, 0.1) is 0 Å². The van der Waals surface area contributed by atoms with Crippen molar-refractivity contribution >= 4 is 17.7 Å². The molecule has 0 bridgehead atoms. The fourth-order valence-corrected chi connectivity index (χ4v) is 2.08. The maximum absolute atomic E-state index is 10.5. The van der Waals surface area contributed by atoms with Gasteiger partial charge in [0.15, 0.2) is 5.16 Å². The quantitative estimate of drug-likeness (QED) is 0.507. The zero-order chi connectivity index (χ0) is 13.0. The molecule has 0 aliphatic heterocycles. The summed E-state index contributed by atoms with van der Waals surface area (Å²) < 4.78 is 0. The van der Waals surface area contributed by atoms with Crippen LogP contribution >= 0.6 is 11.8 Å². The van der Waals surface area contributed by atoms with Crippen molar-refractivity contribution in [1.82, 2.24) is 9.97 Å². The first kappa shape index (κ1) is 13.7. The molecule has 1 aromatic heterocycles. The summed E-state index contributed by atoms with van der Waals surface area (Å²) in [5.74, 6) is -0.325. The second-order valence-corrected chi connectivity index (χ2v) is 4.86. The molecule has 1 heterocycles. The summed E-state index contributed by atoms with van der Waals surface area (Å²) in [6, 6.07) is 0. The Labute approximate surface area is 105 Å². The fraction of sp³-hybridized carbons (Fsp3) is 0.417. The van der Waals surface area contributed by atoms with Gasteiger partial charge in [0.2, 0.25) is 0 Å². The number of thioether (sulfide) groups is 1. The number of carboxylic acid groups (broad SMARTS) is 1. The normalized spacial score (nSPS) is 11.6. The van der Waals surface area contributed by atoms with Crippen LogP contribution in [-0.4, -0.2) is 26.8 Å². The second kappa shape index (κ2) is 5.82. The molecule has 0 aliphatic rings. The lowest BCUT2D eigenvalue weighted by Gasteiger charge is -2.06. The predicted molar refractivity (Wildman–Crippen MR) is 68.4 cm³/mol. The van der Waals surface area contributed by atoms with E-state index < -0.39 is 5.97 Å². The first-order valence-corrected chi connectivity index (χ1v) is 6.23. The van der Waals surface area contributed by atoms with Crippen molar-refractivity contribution in [2.45, 2.75) is 32.9 Å². The molecule has 17 heavy (non-hydrogen) atoms. The standard InChI is InChI=1S/C12H16N2O2S/c1-7(5-11(15)16)6-17-12-13-9(3)8(2)10(4)14-12/h5H,6H2,1-4H3,(H,15,16). The molecule has 4 nitrogen and oxygen atoms in total. The van der Waals surface area contributed by atoms with Crippen LogP contribution in [-0.2, 0) is 4.79 Å². The minimum absolute atomic E-state index is 0.592. The maximum Gasteiger partial charge on any atom is 0.328 e. The average molecular weight is 252 g/mol. The molecule has 0 atom stereocenters. The molecular formula is C12H16N2O2S. The summed E-state index contributed by atoms with van der Waals surface area (Å²) in [7, 11) is 0. The Morgan fingerprint density at radius 1 is 1.29 bits per heavy atom. The Kier molecular flexibility index (Phi) is 4.69. The molecule has 0 saturated heterocycles. The molecule has 0 unspecified atom stereocenters. The highest BCUT2D eigenvalue weighted by Gasteiger charge is 2.05. The van der Waals surface area contributed by atoms with Gasteiger partial charge in [-0.1, -0.05) is 17.3 Å². The third-order valence-electron chi connectivity index (χ3n) is 2.41. The SMILES string of the molecule is CC(=CC(=O)O)CSc1nc(C)c(C)c(C)n1. The summed E-state index contributed by atoms with van der Waals surface area (Å²) in [6.45, 7) is 7.69. The number of hydrogen-bond acceptors (Lipinski definition) is 4. The van der Waals surface area contributed by atoms with E-state index in [4.69, 9.17) is 5.11 Å². The lowest BCUT2D eigenvalue weighted by molar-refractivity contribution is -0.131. The smallest absolute Gasteiger partial charge is 0.328 e. The van der Waals surface area contributed by atoms with Crippen LogP contribution in [0.15, 0.2) is 16.8 Å². The first-order chi connectivity index (χ1) is 7.90. The van der Waals surface area contributed by atoms with Gasteiger partial charge in [-0.2, -0.15) is 0 Å². The van der Waals surface area contributed by atoms with E-state index in [1.165, 1.54) is 17.8 Å². The van der Waals surface area contributed by atoms with Gasteiger partial charge in [0.1, 0.15) is 0 Å².